The van der Waals surface area contributed by atoms with Crippen molar-refractivity contribution < 1.29 is 26.8 Å². The number of nitrogens with one attached hydrogen (secondary N) is 1. The normalized spacial score (nSPS) is 12.4. The van der Waals surface area contributed by atoms with Crippen LogP contribution in [0.5, 0.6) is 0 Å². The average molecular weight is 502 g/mol. The van der Waals surface area contributed by atoms with E-state index in [1.807, 2.05) is 0 Å². The molecule has 0 aliphatic rings. The number of sulfonamides is 1. The van der Waals surface area contributed by atoms with Crippen LogP contribution in [0.3, 0.4) is 0 Å². The van der Waals surface area contributed by atoms with Gasteiger partial charge in [-0.05, 0) is 44.5 Å². The van der Waals surface area contributed by atoms with Gasteiger partial charge in [-0.1, -0.05) is 29.8 Å². The monoisotopic (exact) mass is 501 g/mol. The Bertz CT molecular complexity index is 1130. The van der Waals surface area contributed by atoms with Gasteiger partial charge >= 0.3 is 0 Å². The fraction of sp³-hybridized carbons (Fsp3) is 0.364. The van der Waals surface area contributed by atoms with Gasteiger partial charge in [-0.15, -0.1) is 0 Å². The SMILES string of the molecule is CC(C)NC(=O)C(C)N(Cc1ccccc1Cl)C(=O)CN(c1ccc(F)c(F)c1)S(C)(=O)=O. The molecule has 0 saturated carbocycles. The smallest absolute Gasteiger partial charge is 0.244 e. The topological polar surface area (TPSA) is 86.8 Å². The Morgan fingerprint density at radius 3 is 2.24 bits per heavy atom. The average Bonchev–Trinajstić information content (AvgIpc) is 2.71. The number of anilines is 1. The molecule has 33 heavy (non-hydrogen) atoms. The minimum Gasteiger partial charge on any atom is -0.352 e. The third-order valence-electron chi connectivity index (χ3n) is 4.77. The van der Waals surface area contributed by atoms with Crippen LogP contribution in [0.25, 0.3) is 0 Å². The van der Waals surface area contributed by atoms with Gasteiger partial charge in [-0.25, -0.2) is 17.2 Å². The summed E-state index contributed by atoms with van der Waals surface area (Å²) in [4.78, 5) is 27.1. The number of hydrogen-bond acceptors (Lipinski definition) is 4. The number of rotatable bonds is 9. The van der Waals surface area contributed by atoms with E-state index in [0.717, 1.165) is 18.4 Å². The van der Waals surface area contributed by atoms with Crippen LogP contribution in [0.15, 0.2) is 42.5 Å². The lowest BCUT2D eigenvalue weighted by Crippen LogP contribution is -2.52. The van der Waals surface area contributed by atoms with Crippen molar-refractivity contribution in [1.29, 1.82) is 0 Å². The van der Waals surface area contributed by atoms with Crippen molar-refractivity contribution in [3.8, 4) is 0 Å². The Hall–Kier alpha value is -2.72. The minimum absolute atomic E-state index is 0.0689. The zero-order valence-electron chi connectivity index (χ0n) is 18.7. The lowest BCUT2D eigenvalue weighted by molar-refractivity contribution is -0.139. The van der Waals surface area contributed by atoms with E-state index in [0.29, 0.717) is 21.0 Å². The Morgan fingerprint density at radius 1 is 1.06 bits per heavy atom. The zero-order valence-corrected chi connectivity index (χ0v) is 20.3. The molecule has 1 unspecified atom stereocenters. The van der Waals surface area contributed by atoms with E-state index >= 15 is 0 Å². The van der Waals surface area contributed by atoms with E-state index in [4.69, 9.17) is 11.6 Å². The molecule has 2 aromatic rings. The predicted molar refractivity (Wildman–Crippen MR) is 123 cm³/mol. The van der Waals surface area contributed by atoms with Gasteiger partial charge in [0.15, 0.2) is 11.6 Å². The molecule has 1 atom stereocenters. The van der Waals surface area contributed by atoms with Gasteiger partial charge in [0, 0.05) is 23.7 Å². The molecule has 0 aliphatic carbocycles. The van der Waals surface area contributed by atoms with Crippen LogP contribution in [0.4, 0.5) is 14.5 Å². The molecular formula is C22H26ClF2N3O4S. The van der Waals surface area contributed by atoms with Crippen LogP contribution in [-0.2, 0) is 26.2 Å². The quantitative estimate of drug-likeness (QED) is 0.571. The molecule has 0 radical (unpaired) electrons. The van der Waals surface area contributed by atoms with Gasteiger partial charge in [0.2, 0.25) is 21.8 Å². The van der Waals surface area contributed by atoms with Crippen molar-refractivity contribution in [3.63, 3.8) is 0 Å². The standard InChI is InChI=1S/C22H26ClF2N3O4S/c1-14(2)26-22(30)15(3)27(12-16-7-5-6-8-18(16)23)21(29)13-28(33(4,31)32)17-9-10-19(24)20(25)11-17/h5-11,14-15H,12-13H2,1-4H3,(H,26,30). The summed E-state index contributed by atoms with van der Waals surface area (Å²) in [6.07, 6.45) is 0.842. The first kappa shape index (κ1) is 26.5. The zero-order chi connectivity index (χ0) is 24.9. The largest absolute Gasteiger partial charge is 0.352 e. The summed E-state index contributed by atoms with van der Waals surface area (Å²) in [5.74, 6) is -3.58. The van der Waals surface area contributed by atoms with Crippen LogP contribution in [0.2, 0.25) is 5.02 Å². The number of hydrogen-bond donors (Lipinski definition) is 1. The van der Waals surface area contributed by atoms with E-state index in [1.54, 1.807) is 38.1 Å². The summed E-state index contributed by atoms with van der Waals surface area (Å²) < 4.78 is 52.5. The number of benzene rings is 2. The second-order valence-corrected chi connectivity index (χ2v) is 10.1. The highest BCUT2D eigenvalue weighted by Gasteiger charge is 2.31. The lowest BCUT2D eigenvalue weighted by atomic mass is 10.1. The molecule has 11 heteroatoms. The molecule has 2 aromatic carbocycles. The number of carbonyl (C=O) groups excluding carboxylic acids is 2. The molecule has 0 saturated heterocycles. The Balaban J connectivity index is 2.43. The molecule has 2 amide bonds. The molecular weight excluding hydrogens is 476 g/mol. The molecule has 180 valence electrons. The fourth-order valence-corrected chi connectivity index (χ4v) is 4.09. The van der Waals surface area contributed by atoms with Crippen LogP contribution in [-0.4, -0.2) is 50.0 Å². The second-order valence-electron chi connectivity index (χ2n) is 7.82. The summed E-state index contributed by atoms with van der Waals surface area (Å²) in [5.41, 5.74) is 0.331. The minimum atomic E-state index is -4.05. The molecule has 0 bridgehead atoms. The first-order valence-electron chi connectivity index (χ1n) is 10.1. The first-order chi connectivity index (χ1) is 15.3. The molecule has 0 aliphatic heterocycles. The summed E-state index contributed by atoms with van der Waals surface area (Å²) in [7, 11) is -4.05. The van der Waals surface area contributed by atoms with Crippen molar-refractivity contribution in [2.24, 2.45) is 0 Å². The highest BCUT2D eigenvalue weighted by Crippen LogP contribution is 2.23. The summed E-state index contributed by atoms with van der Waals surface area (Å²) in [6.45, 7) is 4.24. The van der Waals surface area contributed by atoms with E-state index in [9.17, 15) is 26.8 Å². The van der Waals surface area contributed by atoms with Crippen LogP contribution in [0, 0.1) is 11.6 Å². The van der Waals surface area contributed by atoms with Gasteiger partial charge in [-0.2, -0.15) is 0 Å². The molecule has 2 rings (SSSR count). The van der Waals surface area contributed by atoms with Crippen LogP contribution in [0.1, 0.15) is 26.3 Å². The number of halogens is 3. The molecule has 0 spiro atoms. The van der Waals surface area contributed by atoms with Gasteiger partial charge in [-0.3, -0.25) is 13.9 Å². The van der Waals surface area contributed by atoms with Crippen molar-refractivity contribution >= 4 is 39.1 Å². The lowest BCUT2D eigenvalue weighted by Gasteiger charge is -2.32. The van der Waals surface area contributed by atoms with Crippen LogP contribution < -0.4 is 9.62 Å². The van der Waals surface area contributed by atoms with Crippen LogP contribution >= 0.6 is 11.6 Å². The van der Waals surface area contributed by atoms with Crippen molar-refractivity contribution in [2.75, 3.05) is 17.1 Å². The Kier molecular flexibility index (Phi) is 8.79. The van der Waals surface area contributed by atoms with E-state index in [2.05, 4.69) is 5.32 Å². The highest BCUT2D eigenvalue weighted by atomic mass is 35.5. The molecule has 0 fully saturated rings. The van der Waals surface area contributed by atoms with E-state index in [-0.39, 0.29) is 18.3 Å². The first-order valence-corrected chi connectivity index (χ1v) is 12.3. The van der Waals surface area contributed by atoms with Gasteiger partial charge in [0.1, 0.15) is 12.6 Å². The van der Waals surface area contributed by atoms with Crippen molar-refractivity contribution in [3.05, 3.63) is 64.7 Å². The van der Waals surface area contributed by atoms with Crippen molar-refractivity contribution in [2.45, 2.75) is 39.4 Å². The Morgan fingerprint density at radius 2 is 1.70 bits per heavy atom. The summed E-state index contributed by atoms with van der Waals surface area (Å²) >= 11 is 6.23. The maximum atomic E-state index is 13.8. The molecule has 1 N–H and O–H groups in total. The van der Waals surface area contributed by atoms with E-state index in [1.165, 1.54) is 11.8 Å². The highest BCUT2D eigenvalue weighted by molar-refractivity contribution is 7.92. The number of nitrogens with zero attached hydrogens (tertiary/aromatic N) is 2. The van der Waals surface area contributed by atoms with Crippen molar-refractivity contribution in [1.82, 2.24) is 10.2 Å². The summed E-state index contributed by atoms with van der Waals surface area (Å²) in [6, 6.07) is 8.09. The molecule has 0 heterocycles. The molecule has 0 aromatic heterocycles. The van der Waals surface area contributed by atoms with Gasteiger partial charge < -0.3 is 10.2 Å². The molecule has 7 nitrogen and oxygen atoms in total. The van der Waals surface area contributed by atoms with Gasteiger partial charge in [0.05, 0.1) is 11.9 Å². The Labute approximate surface area is 197 Å². The second kappa shape index (κ2) is 10.9. The third-order valence-corrected chi connectivity index (χ3v) is 6.28. The fourth-order valence-electron chi connectivity index (χ4n) is 3.05. The summed E-state index contributed by atoms with van der Waals surface area (Å²) in [5, 5.41) is 3.09. The maximum Gasteiger partial charge on any atom is 0.244 e. The third kappa shape index (κ3) is 7.13. The van der Waals surface area contributed by atoms with Gasteiger partial charge in [0.25, 0.3) is 0 Å². The maximum absolute atomic E-state index is 13.8. The van der Waals surface area contributed by atoms with E-state index < -0.39 is 46.1 Å². The predicted octanol–water partition coefficient (Wildman–Crippen LogP) is 3.33. The number of amides is 2. The number of carbonyl (C=O) groups is 2.